The zero-order chi connectivity index (χ0) is 13.5. The van der Waals surface area contributed by atoms with Crippen molar-refractivity contribution in [3.63, 3.8) is 0 Å². The lowest BCUT2D eigenvalue weighted by atomic mass is 9.93. The molecular formula is C13H14F2N2O2. The first-order valence-corrected chi connectivity index (χ1v) is 6.25. The van der Waals surface area contributed by atoms with Crippen molar-refractivity contribution in [3.8, 4) is 0 Å². The highest BCUT2D eigenvalue weighted by Crippen LogP contribution is 2.38. The first-order chi connectivity index (χ1) is 9.07. The molecule has 0 unspecified atom stereocenters. The zero-order valence-corrected chi connectivity index (χ0v) is 10.3. The maximum Gasteiger partial charge on any atom is 0.282 e. The molecule has 1 aromatic heterocycles. The normalized spacial score (nSPS) is 29.1. The van der Waals surface area contributed by atoms with Gasteiger partial charge >= 0.3 is 0 Å². The number of halogens is 2. The summed E-state index contributed by atoms with van der Waals surface area (Å²) in [7, 11) is 0. The predicted molar refractivity (Wildman–Crippen MR) is 62.6 cm³/mol. The Labute approximate surface area is 109 Å². The summed E-state index contributed by atoms with van der Waals surface area (Å²) >= 11 is 0. The molecule has 2 aliphatic heterocycles. The Hall–Kier alpha value is -1.56. The van der Waals surface area contributed by atoms with E-state index in [9.17, 15) is 13.6 Å². The van der Waals surface area contributed by atoms with Crippen LogP contribution in [0.25, 0.3) is 0 Å². The third kappa shape index (κ3) is 2.32. The van der Waals surface area contributed by atoms with Gasteiger partial charge in [-0.3, -0.25) is 9.78 Å². The number of rotatable bonds is 2. The number of ether oxygens (including phenoxy) is 1. The molecule has 0 saturated carbocycles. The van der Waals surface area contributed by atoms with Crippen molar-refractivity contribution in [2.24, 2.45) is 5.92 Å². The fourth-order valence-electron chi connectivity index (χ4n) is 2.63. The van der Waals surface area contributed by atoms with Crippen LogP contribution in [0.1, 0.15) is 18.1 Å². The van der Waals surface area contributed by atoms with Crippen molar-refractivity contribution in [1.82, 2.24) is 9.88 Å². The van der Waals surface area contributed by atoms with Gasteiger partial charge in [0.25, 0.3) is 5.92 Å². The molecule has 19 heavy (non-hydrogen) atoms. The third-order valence-electron chi connectivity index (χ3n) is 3.60. The molecule has 1 amide bonds. The summed E-state index contributed by atoms with van der Waals surface area (Å²) in [6.45, 7) is -0.454. The Morgan fingerprint density at radius 2 is 2.05 bits per heavy atom. The molecule has 0 N–H and O–H groups in total. The molecule has 2 fully saturated rings. The Kier molecular flexibility index (Phi) is 2.97. The Morgan fingerprint density at radius 3 is 2.68 bits per heavy atom. The molecule has 0 aromatic carbocycles. The Morgan fingerprint density at radius 1 is 1.37 bits per heavy atom. The predicted octanol–water partition coefficient (Wildman–Crippen LogP) is 1.64. The first kappa shape index (κ1) is 12.5. The van der Waals surface area contributed by atoms with E-state index in [0.717, 1.165) is 5.56 Å². The molecular weight excluding hydrogens is 254 g/mol. The van der Waals surface area contributed by atoms with E-state index >= 15 is 0 Å². The molecule has 102 valence electrons. The minimum atomic E-state index is -2.72. The third-order valence-corrected chi connectivity index (χ3v) is 3.60. The average Bonchev–Trinajstić information content (AvgIpc) is 2.85. The van der Waals surface area contributed by atoms with E-state index in [4.69, 9.17) is 4.74 Å². The number of nitrogens with zero attached hydrogens (tertiary/aromatic N) is 2. The number of hydrogen-bond donors (Lipinski definition) is 0. The number of pyridine rings is 1. The molecule has 0 radical (unpaired) electrons. The second-order valence-corrected chi connectivity index (χ2v) is 5.02. The highest BCUT2D eigenvalue weighted by Gasteiger charge is 2.49. The van der Waals surface area contributed by atoms with Crippen LogP contribution in [0.4, 0.5) is 8.78 Å². The van der Waals surface area contributed by atoms with Gasteiger partial charge in [-0.1, -0.05) is 0 Å². The fraction of sp³-hybridized carbons (Fsp3) is 0.538. The fourth-order valence-corrected chi connectivity index (χ4v) is 2.63. The SMILES string of the molecule is O=C([C@@H]1CCO[C@H]1c1ccncc1)N1CC(F)(F)C1. The van der Waals surface area contributed by atoms with Crippen LogP contribution in [0, 0.1) is 5.92 Å². The van der Waals surface area contributed by atoms with Gasteiger partial charge in [0.2, 0.25) is 5.91 Å². The van der Waals surface area contributed by atoms with Crippen molar-refractivity contribution >= 4 is 5.91 Å². The van der Waals surface area contributed by atoms with Crippen molar-refractivity contribution in [1.29, 1.82) is 0 Å². The molecule has 2 saturated heterocycles. The van der Waals surface area contributed by atoms with Gasteiger partial charge in [0.05, 0.1) is 25.1 Å². The van der Waals surface area contributed by atoms with Gasteiger partial charge in [0, 0.05) is 19.0 Å². The summed E-state index contributed by atoms with van der Waals surface area (Å²) in [6.07, 6.45) is 3.50. The van der Waals surface area contributed by atoms with E-state index in [1.54, 1.807) is 24.5 Å². The second-order valence-electron chi connectivity index (χ2n) is 5.02. The minimum absolute atomic E-state index is 0.231. The number of carbonyl (C=O) groups excluding carboxylic acids is 1. The topological polar surface area (TPSA) is 42.4 Å². The molecule has 0 bridgehead atoms. The minimum Gasteiger partial charge on any atom is -0.373 e. The van der Waals surface area contributed by atoms with Gasteiger partial charge in [-0.05, 0) is 24.1 Å². The van der Waals surface area contributed by atoms with Gasteiger partial charge in [-0.15, -0.1) is 0 Å². The quantitative estimate of drug-likeness (QED) is 0.819. The monoisotopic (exact) mass is 268 g/mol. The summed E-state index contributed by atoms with van der Waals surface area (Å²) in [5.41, 5.74) is 0.873. The standard InChI is InChI=1S/C13H14F2N2O2/c14-13(15)7-17(8-13)12(18)10-3-6-19-11(10)9-1-4-16-5-2-9/h1-2,4-5,10-11H,3,6-8H2/t10-,11+/m1/s1. The van der Waals surface area contributed by atoms with E-state index in [2.05, 4.69) is 4.98 Å². The number of likely N-dealkylation sites (tertiary alicyclic amines) is 1. The lowest BCUT2D eigenvalue weighted by Crippen LogP contribution is -2.59. The summed E-state index contributed by atoms with van der Waals surface area (Å²) in [6, 6.07) is 3.59. The van der Waals surface area contributed by atoms with Crippen LogP contribution in [0.2, 0.25) is 0 Å². The molecule has 6 heteroatoms. The van der Waals surface area contributed by atoms with E-state index in [1.807, 2.05) is 0 Å². The Bertz CT molecular complexity index is 473. The zero-order valence-electron chi connectivity index (χ0n) is 10.3. The van der Waals surface area contributed by atoms with Crippen LogP contribution in [0.5, 0.6) is 0 Å². The summed E-state index contributed by atoms with van der Waals surface area (Å²) < 4.78 is 31.2. The van der Waals surface area contributed by atoms with Crippen molar-refractivity contribution in [3.05, 3.63) is 30.1 Å². The van der Waals surface area contributed by atoms with E-state index in [0.29, 0.717) is 13.0 Å². The number of carbonyl (C=O) groups is 1. The molecule has 2 atom stereocenters. The Balaban J connectivity index is 1.72. The average molecular weight is 268 g/mol. The molecule has 1 aromatic rings. The van der Waals surface area contributed by atoms with Crippen molar-refractivity contribution in [2.45, 2.75) is 18.4 Å². The van der Waals surface area contributed by atoms with E-state index in [-0.39, 0.29) is 17.9 Å². The van der Waals surface area contributed by atoms with Crippen LogP contribution in [-0.4, -0.2) is 41.4 Å². The maximum absolute atomic E-state index is 12.8. The summed E-state index contributed by atoms with van der Waals surface area (Å²) in [5.74, 6) is -3.31. The summed E-state index contributed by atoms with van der Waals surface area (Å²) in [4.78, 5) is 17.3. The van der Waals surface area contributed by atoms with E-state index in [1.165, 1.54) is 4.90 Å². The molecule has 4 nitrogen and oxygen atoms in total. The van der Waals surface area contributed by atoms with Crippen LogP contribution in [-0.2, 0) is 9.53 Å². The van der Waals surface area contributed by atoms with Crippen molar-refractivity contribution in [2.75, 3.05) is 19.7 Å². The summed E-state index contributed by atoms with van der Waals surface area (Å²) in [5, 5.41) is 0. The number of aromatic nitrogens is 1. The maximum atomic E-state index is 12.8. The lowest BCUT2D eigenvalue weighted by Gasteiger charge is -2.40. The lowest BCUT2D eigenvalue weighted by molar-refractivity contribution is -0.171. The molecule has 3 heterocycles. The van der Waals surface area contributed by atoms with Crippen LogP contribution >= 0.6 is 0 Å². The highest BCUT2D eigenvalue weighted by atomic mass is 19.3. The van der Waals surface area contributed by atoms with Crippen LogP contribution in [0.3, 0.4) is 0 Å². The number of amides is 1. The smallest absolute Gasteiger partial charge is 0.282 e. The van der Waals surface area contributed by atoms with Crippen LogP contribution in [0.15, 0.2) is 24.5 Å². The number of hydrogen-bond acceptors (Lipinski definition) is 3. The van der Waals surface area contributed by atoms with Gasteiger partial charge in [0.1, 0.15) is 0 Å². The molecule has 0 aliphatic carbocycles. The van der Waals surface area contributed by atoms with Gasteiger partial charge in [0.15, 0.2) is 0 Å². The van der Waals surface area contributed by atoms with Crippen LogP contribution < -0.4 is 0 Å². The number of alkyl halides is 2. The van der Waals surface area contributed by atoms with Gasteiger partial charge in [-0.2, -0.15) is 0 Å². The molecule has 2 aliphatic rings. The van der Waals surface area contributed by atoms with E-state index < -0.39 is 19.0 Å². The first-order valence-electron chi connectivity index (χ1n) is 6.25. The van der Waals surface area contributed by atoms with Gasteiger partial charge < -0.3 is 9.64 Å². The molecule has 0 spiro atoms. The second kappa shape index (κ2) is 4.52. The van der Waals surface area contributed by atoms with Gasteiger partial charge in [-0.25, -0.2) is 8.78 Å². The highest BCUT2D eigenvalue weighted by molar-refractivity contribution is 5.81. The van der Waals surface area contributed by atoms with Crippen molar-refractivity contribution < 1.29 is 18.3 Å². The molecule has 3 rings (SSSR count). The largest absolute Gasteiger partial charge is 0.373 e.